The SMILES string of the molecule is C=CCOP(=O)(OCC=C)OC(C)(Br)CC. The molecule has 0 spiro atoms. The van der Waals surface area contributed by atoms with E-state index >= 15 is 0 Å². The molecule has 0 saturated heterocycles. The van der Waals surface area contributed by atoms with E-state index in [1.54, 1.807) is 6.92 Å². The molecule has 0 aliphatic rings. The lowest BCUT2D eigenvalue weighted by atomic mass is 10.3. The number of halogens is 1. The third kappa shape index (κ3) is 6.61. The number of phosphoric ester groups is 1. The Morgan fingerprint density at radius 2 is 1.75 bits per heavy atom. The van der Waals surface area contributed by atoms with Crippen LogP contribution in [0.1, 0.15) is 20.3 Å². The van der Waals surface area contributed by atoms with Crippen LogP contribution >= 0.6 is 23.8 Å². The second kappa shape index (κ2) is 7.41. The summed E-state index contributed by atoms with van der Waals surface area (Å²) >= 11 is 3.29. The van der Waals surface area contributed by atoms with Gasteiger partial charge in [0.05, 0.1) is 13.2 Å². The quantitative estimate of drug-likeness (QED) is 0.366. The van der Waals surface area contributed by atoms with Crippen molar-refractivity contribution in [1.82, 2.24) is 0 Å². The molecule has 0 bridgehead atoms. The first-order chi connectivity index (χ1) is 7.39. The van der Waals surface area contributed by atoms with Gasteiger partial charge in [-0.05, 0) is 13.3 Å². The molecule has 0 aromatic rings. The van der Waals surface area contributed by atoms with Gasteiger partial charge in [0.1, 0.15) is 4.51 Å². The van der Waals surface area contributed by atoms with Crippen LogP contribution in [0.15, 0.2) is 25.3 Å². The lowest BCUT2D eigenvalue weighted by molar-refractivity contribution is 0.0831. The summed E-state index contributed by atoms with van der Waals surface area (Å²) in [5, 5.41) is 0. The Morgan fingerprint density at radius 3 is 2.06 bits per heavy atom. The minimum Gasteiger partial charge on any atom is -0.283 e. The molecule has 0 aromatic heterocycles. The maximum Gasteiger partial charge on any atom is 0.476 e. The van der Waals surface area contributed by atoms with E-state index in [9.17, 15) is 4.57 Å². The third-order valence-electron chi connectivity index (χ3n) is 1.63. The van der Waals surface area contributed by atoms with E-state index in [0.717, 1.165) is 0 Å². The standard InChI is InChI=1S/C10H18BrO4P/c1-5-8-13-16(12,14-9-6-2)15-10(4,11)7-3/h5-6H,1-2,7-9H2,3-4H3. The highest BCUT2D eigenvalue weighted by Crippen LogP contribution is 2.54. The molecule has 4 nitrogen and oxygen atoms in total. The van der Waals surface area contributed by atoms with Crippen molar-refractivity contribution in [3.8, 4) is 0 Å². The van der Waals surface area contributed by atoms with Gasteiger partial charge >= 0.3 is 7.82 Å². The fourth-order valence-corrected chi connectivity index (χ4v) is 2.56. The van der Waals surface area contributed by atoms with E-state index in [1.165, 1.54) is 12.2 Å². The van der Waals surface area contributed by atoms with E-state index < -0.39 is 12.3 Å². The van der Waals surface area contributed by atoms with E-state index in [0.29, 0.717) is 6.42 Å². The zero-order chi connectivity index (χ0) is 12.7. The Labute approximate surface area is 105 Å². The maximum absolute atomic E-state index is 12.1. The molecule has 0 N–H and O–H groups in total. The fraction of sp³-hybridized carbons (Fsp3) is 0.600. The van der Waals surface area contributed by atoms with Crippen molar-refractivity contribution in [2.45, 2.75) is 24.8 Å². The summed E-state index contributed by atoms with van der Waals surface area (Å²) in [7, 11) is -3.58. The number of phosphoric acid groups is 1. The van der Waals surface area contributed by atoms with Crippen molar-refractivity contribution in [3.63, 3.8) is 0 Å². The maximum atomic E-state index is 12.1. The summed E-state index contributed by atoms with van der Waals surface area (Å²) < 4.78 is 26.7. The van der Waals surface area contributed by atoms with Crippen molar-refractivity contribution < 1.29 is 18.1 Å². The zero-order valence-corrected chi connectivity index (χ0v) is 12.1. The van der Waals surface area contributed by atoms with Crippen LogP contribution < -0.4 is 0 Å². The molecule has 94 valence electrons. The zero-order valence-electron chi connectivity index (χ0n) is 9.65. The molecule has 0 aliphatic carbocycles. The van der Waals surface area contributed by atoms with E-state index in [4.69, 9.17) is 13.6 Å². The predicted octanol–water partition coefficient (Wildman–Crippen LogP) is 4.04. The summed E-state index contributed by atoms with van der Waals surface area (Å²) in [5.41, 5.74) is 0. The average Bonchev–Trinajstić information content (AvgIpc) is 2.23. The van der Waals surface area contributed by atoms with Crippen LogP contribution in [0.3, 0.4) is 0 Å². The number of rotatable bonds is 9. The van der Waals surface area contributed by atoms with Crippen LogP contribution in [-0.4, -0.2) is 17.7 Å². The van der Waals surface area contributed by atoms with Gasteiger partial charge in [0.25, 0.3) is 0 Å². The Morgan fingerprint density at radius 1 is 1.31 bits per heavy atom. The Kier molecular flexibility index (Phi) is 7.44. The van der Waals surface area contributed by atoms with Crippen LogP contribution in [0.25, 0.3) is 0 Å². The second-order valence-electron chi connectivity index (χ2n) is 3.16. The monoisotopic (exact) mass is 312 g/mol. The molecule has 0 aliphatic heterocycles. The molecule has 0 amide bonds. The average molecular weight is 313 g/mol. The van der Waals surface area contributed by atoms with Crippen LogP contribution in [0, 0.1) is 0 Å². The summed E-state index contributed by atoms with van der Waals surface area (Å²) in [6.07, 6.45) is 3.57. The van der Waals surface area contributed by atoms with Gasteiger partial charge in [0.15, 0.2) is 0 Å². The van der Waals surface area contributed by atoms with Crippen molar-refractivity contribution in [1.29, 1.82) is 0 Å². The fourth-order valence-electron chi connectivity index (χ4n) is 0.676. The molecular formula is C10H18BrO4P. The van der Waals surface area contributed by atoms with Crippen LogP contribution in [0.2, 0.25) is 0 Å². The molecule has 0 fully saturated rings. The van der Waals surface area contributed by atoms with Gasteiger partial charge in [-0.3, -0.25) is 13.6 Å². The first-order valence-electron chi connectivity index (χ1n) is 4.89. The lowest BCUT2D eigenvalue weighted by Crippen LogP contribution is -2.19. The van der Waals surface area contributed by atoms with Gasteiger partial charge in [-0.2, -0.15) is 0 Å². The van der Waals surface area contributed by atoms with Gasteiger partial charge in [0, 0.05) is 0 Å². The van der Waals surface area contributed by atoms with Gasteiger partial charge < -0.3 is 0 Å². The predicted molar refractivity (Wildman–Crippen MR) is 68.6 cm³/mol. The molecular weight excluding hydrogens is 295 g/mol. The summed E-state index contributed by atoms with van der Waals surface area (Å²) in [4.78, 5) is 0. The number of alkyl halides is 1. The van der Waals surface area contributed by atoms with Crippen molar-refractivity contribution in [2.24, 2.45) is 0 Å². The van der Waals surface area contributed by atoms with Crippen molar-refractivity contribution in [3.05, 3.63) is 25.3 Å². The van der Waals surface area contributed by atoms with E-state index in [2.05, 4.69) is 29.1 Å². The molecule has 0 aromatic carbocycles. The second-order valence-corrected chi connectivity index (χ2v) is 6.43. The highest BCUT2D eigenvalue weighted by atomic mass is 79.9. The summed E-state index contributed by atoms with van der Waals surface area (Å²) in [6.45, 7) is 10.8. The molecule has 1 atom stereocenters. The highest BCUT2D eigenvalue weighted by molar-refractivity contribution is 9.10. The van der Waals surface area contributed by atoms with Crippen LogP contribution in [0.5, 0.6) is 0 Å². The third-order valence-corrected chi connectivity index (χ3v) is 4.16. The minimum absolute atomic E-state index is 0.0984. The van der Waals surface area contributed by atoms with Crippen molar-refractivity contribution >= 4 is 23.8 Å². The first-order valence-corrected chi connectivity index (χ1v) is 7.15. The largest absolute Gasteiger partial charge is 0.476 e. The normalized spacial score (nSPS) is 15.4. The van der Waals surface area contributed by atoms with Crippen molar-refractivity contribution in [2.75, 3.05) is 13.2 Å². The smallest absolute Gasteiger partial charge is 0.283 e. The molecule has 0 rings (SSSR count). The number of hydrogen-bond acceptors (Lipinski definition) is 4. The summed E-state index contributed by atoms with van der Waals surface area (Å²) in [5.74, 6) is 0. The van der Waals surface area contributed by atoms with Gasteiger partial charge in [-0.25, -0.2) is 4.57 Å². The molecule has 0 saturated carbocycles. The summed E-state index contributed by atoms with van der Waals surface area (Å²) in [6, 6.07) is 0. The molecule has 1 unspecified atom stereocenters. The topological polar surface area (TPSA) is 44.8 Å². The Bertz CT molecular complexity index is 262. The van der Waals surface area contributed by atoms with Gasteiger partial charge in [-0.1, -0.05) is 35.0 Å². The minimum atomic E-state index is -3.58. The van der Waals surface area contributed by atoms with E-state index in [-0.39, 0.29) is 13.2 Å². The Balaban J connectivity index is 4.57. The lowest BCUT2D eigenvalue weighted by Gasteiger charge is -2.26. The molecule has 6 heteroatoms. The first kappa shape index (κ1) is 16.1. The highest BCUT2D eigenvalue weighted by Gasteiger charge is 2.35. The Hall–Kier alpha value is 0.0700. The van der Waals surface area contributed by atoms with Gasteiger partial charge in [0.2, 0.25) is 0 Å². The molecule has 16 heavy (non-hydrogen) atoms. The van der Waals surface area contributed by atoms with Crippen LogP contribution in [0.4, 0.5) is 0 Å². The van der Waals surface area contributed by atoms with Crippen LogP contribution in [-0.2, 0) is 18.1 Å². The molecule has 0 radical (unpaired) electrons. The van der Waals surface area contributed by atoms with E-state index in [1.807, 2.05) is 6.92 Å². The van der Waals surface area contributed by atoms with Gasteiger partial charge in [-0.15, -0.1) is 13.2 Å². The number of hydrogen-bond donors (Lipinski definition) is 0. The molecule has 0 heterocycles.